The quantitative estimate of drug-likeness (QED) is 0.204. The molecule has 0 saturated heterocycles. The fourth-order valence-electron chi connectivity index (χ4n) is 4.79. The van der Waals surface area contributed by atoms with Crippen molar-refractivity contribution in [2.75, 3.05) is 11.9 Å². The fourth-order valence-corrected chi connectivity index (χ4v) is 4.79. The van der Waals surface area contributed by atoms with Crippen LogP contribution in [-0.4, -0.2) is 12.5 Å². The number of carbonyl (C=O) groups excluding carboxylic acids is 1. The topological polar surface area (TPSA) is 38.3 Å². The van der Waals surface area contributed by atoms with E-state index in [1.165, 1.54) is 77.0 Å². The molecule has 0 spiro atoms. The summed E-state index contributed by atoms with van der Waals surface area (Å²) >= 11 is 0. The summed E-state index contributed by atoms with van der Waals surface area (Å²) in [6, 6.07) is 14.0. The summed E-state index contributed by atoms with van der Waals surface area (Å²) in [5.41, 5.74) is 3.82. The lowest BCUT2D eigenvalue weighted by atomic mass is 9.98. The molecule has 1 N–H and O–H groups in total. The Morgan fingerprint density at radius 3 is 1.86 bits per heavy atom. The Morgan fingerprint density at radius 1 is 0.686 bits per heavy atom. The van der Waals surface area contributed by atoms with Gasteiger partial charge in [0.05, 0.1) is 12.2 Å². The van der Waals surface area contributed by atoms with Gasteiger partial charge in [-0.3, -0.25) is 4.79 Å². The van der Waals surface area contributed by atoms with Crippen LogP contribution in [0.4, 0.5) is 5.69 Å². The van der Waals surface area contributed by atoms with Crippen LogP contribution < -0.4 is 10.1 Å². The molecule has 0 saturated carbocycles. The number of hydrogen-bond acceptors (Lipinski definition) is 2. The van der Waals surface area contributed by atoms with Crippen molar-refractivity contribution in [3.05, 3.63) is 59.2 Å². The van der Waals surface area contributed by atoms with E-state index in [0.29, 0.717) is 17.9 Å². The normalized spacial score (nSPS) is 10.9. The maximum Gasteiger partial charge on any atom is 0.259 e. The Labute approximate surface area is 215 Å². The van der Waals surface area contributed by atoms with Crippen molar-refractivity contribution in [2.24, 2.45) is 0 Å². The standard InChI is InChI=1S/C32H49NO2/c1-4-7-8-9-10-11-12-13-14-15-16-17-18-23-28-24-21-26-30(35-6-3)31(28)32(34)33-29-25-20-19-22-27(29)5-2/h19-22,24-26H,4-18,23H2,1-3H3,(H,33,34). The lowest BCUT2D eigenvalue weighted by Gasteiger charge is -2.16. The van der Waals surface area contributed by atoms with Crippen LogP contribution in [0, 0.1) is 0 Å². The molecule has 0 unspecified atom stereocenters. The van der Waals surface area contributed by atoms with Crippen LogP contribution in [0.1, 0.15) is 126 Å². The molecule has 0 aliphatic heterocycles. The molecular weight excluding hydrogens is 430 g/mol. The predicted molar refractivity (Wildman–Crippen MR) is 151 cm³/mol. The van der Waals surface area contributed by atoms with Crippen LogP contribution in [0.5, 0.6) is 5.75 Å². The van der Waals surface area contributed by atoms with Gasteiger partial charge < -0.3 is 10.1 Å². The zero-order valence-electron chi connectivity index (χ0n) is 22.7. The SMILES string of the molecule is CCCCCCCCCCCCCCCc1cccc(OCC)c1C(=O)Nc1ccccc1CC. The summed E-state index contributed by atoms with van der Waals surface area (Å²) in [5.74, 6) is 0.616. The van der Waals surface area contributed by atoms with Gasteiger partial charge in [-0.2, -0.15) is 0 Å². The number of ether oxygens (including phenoxy) is 1. The lowest BCUT2D eigenvalue weighted by molar-refractivity contribution is 0.102. The van der Waals surface area contributed by atoms with E-state index in [1.807, 2.05) is 37.3 Å². The van der Waals surface area contributed by atoms with E-state index in [1.54, 1.807) is 0 Å². The molecule has 2 aromatic carbocycles. The fraction of sp³-hybridized carbons (Fsp3) is 0.594. The van der Waals surface area contributed by atoms with Crippen molar-refractivity contribution in [3.63, 3.8) is 0 Å². The van der Waals surface area contributed by atoms with Crippen molar-refractivity contribution >= 4 is 11.6 Å². The largest absolute Gasteiger partial charge is 0.493 e. The Hall–Kier alpha value is -2.29. The summed E-state index contributed by atoms with van der Waals surface area (Å²) < 4.78 is 5.85. The van der Waals surface area contributed by atoms with Gasteiger partial charge in [0, 0.05) is 5.69 Å². The van der Waals surface area contributed by atoms with Crippen molar-refractivity contribution < 1.29 is 9.53 Å². The van der Waals surface area contributed by atoms with Gasteiger partial charge in [-0.05, 0) is 49.4 Å². The average Bonchev–Trinajstić information content (AvgIpc) is 2.87. The number of para-hydroxylation sites is 1. The van der Waals surface area contributed by atoms with Crippen LogP contribution in [0.2, 0.25) is 0 Å². The van der Waals surface area contributed by atoms with Gasteiger partial charge in [0.2, 0.25) is 0 Å². The summed E-state index contributed by atoms with van der Waals surface area (Å²) in [6.07, 6.45) is 19.3. The van der Waals surface area contributed by atoms with Gasteiger partial charge in [0.25, 0.3) is 5.91 Å². The lowest BCUT2D eigenvalue weighted by Crippen LogP contribution is -2.17. The minimum Gasteiger partial charge on any atom is -0.493 e. The van der Waals surface area contributed by atoms with E-state index >= 15 is 0 Å². The molecule has 3 nitrogen and oxygen atoms in total. The van der Waals surface area contributed by atoms with Crippen LogP contribution in [0.3, 0.4) is 0 Å². The molecule has 0 aromatic heterocycles. The molecular formula is C32H49NO2. The highest BCUT2D eigenvalue weighted by molar-refractivity contribution is 6.07. The zero-order valence-corrected chi connectivity index (χ0v) is 22.7. The first-order chi connectivity index (χ1) is 17.2. The van der Waals surface area contributed by atoms with E-state index < -0.39 is 0 Å². The Kier molecular flexibility index (Phi) is 14.9. The molecule has 0 aliphatic carbocycles. The highest BCUT2D eigenvalue weighted by Crippen LogP contribution is 2.27. The number of aryl methyl sites for hydroxylation is 2. The number of nitrogens with one attached hydrogen (secondary N) is 1. The van der Waals surface area contributed by atoms with Gasteiger partial charge >= 0.3 is 0 Å². The van der Waals surface area contributed by atoms with Crippen LogP contribution >= 0.6 is 0 Å². The van der Waals surface area contributed by atoms with E-state index in [9.17, 15) is 4.79 Å². The van der Waals surface area contributed by atoms with Crippen molar-refractivity contribution in [3.8, 4) is 5.75 Å². The van der Waals surface area contributed by atoms with Gasteiger partial charge in [-0.1, -0.05) is 121 Å². The second-order valence-electron chi connectivity index (χ2n) is 9.68. The van der Waals surface area contributed by atoms with Crippen molar-refractivity contribution in [1.29, 1.82) is 0 Å². The minimum atomic E-state index is -0.0698. The van der Waals surface area contributed by atoms with Gasteiger partial charge in [-0.15, -0.1) is 0 Å². The van der Waals surface area contributed by atoms with Gasteiger partial charge in [0.15, 0.2) is 0 Å². The Morgan fingerprint density at radius 2 is 1.26 bits per heavy atom. The molecule has 194 valence electrons. The van der Waals surface area contributed by atoms with Crippen LogP contribution in [-0.2, 0) is 12.8 Å². The third-order valence-corrected chi connectivity index (χ3v) is 6.84. The summed E-state index contributed by atoms with van der Waals surface area (Å²) in [6.45, 7) is 6.90. The first kappa shape index (κ1) is 28.9. The molecule has 35 heavy (non-hydrogen) atoms. The highest BCUT2D eigenvalue weighted by Gasteiger charge is 2.18. The molecule has 3 heteroatoms. The maximum atomic E-state index is 13.3. The average molecular weight is 480 g/mol. The summed E-state index contributed by atoms with van der Waals surface area (Å²) in [5, 5.41) is 3.15. The minimum absolute atomic E-state index is 0.0698. The third-order valence-electron chi connectivity index (χ3n) is 6.84. The van der Waals surface area contributed by atoms with E-state index in [2.05, 4.69) is 31.3 Å². The van der Waals surface area contributed by atoms with E-state index in [0.717, 1.165) is 36.1 Å². The molecule has 0 fully saturated rings. The predicted octanol–water partition coefficient (Wildman–Crippen LogP) is 9.53. The molecule has 2 aromatic rings. The third kappa shape index (κ3) is 10.9. The smallest absolute Gasteiger partial charge is 0.259 e. The van der Waals surface area contributed by atoms with E-state index in [-0.39, 0.29) is 5.91 Å². The highest BCUT2D eigenvalue weighted by atomic mass is 16.5. The first-order valence-corrected chi connectivity index (χ1v) is 14.3. The molecule has 0 radical (unpaired) electrons. The molecule has 0 aliphatic rings. The number of amides is 1. The molecule has 0 atom stereocenters. The van der Waals surface area contributed by atoms with Gasteiger partial charge in [0.1, 0.15) is 5.75 Å². The maximum absolute atomic E-state index is 13.3. The molecule has 0 bridgehead atoms. The summed E-state index contributed by atoms with van der Waals surface area (Å²) in [4.78, 5) is 13.3. The number of rotatable bonds is 19. The van der Waals surface area contributed by atoms with Crippen molar-refractivity contribution in [2.45, 2.75) is 117 Å². The van der Waals surface area contributed by atoms with Crippen LogP contribution in [0.15, 0.2) is 42.5 Å². The number of unbranched alkanes of at least 4 members (excludes halogenated alkanes) is 12. The monoisotopic (exact) mass is 479 g/mol. The second kappa shape index (κ2) is 18.0. The van der Waals surface area contributed by atoms with Gasteiger partial charge in [-0.25, -0.2) is 0 Å². The molecule has 2 rings (SSSR count). The number of anilines is 1. The first-order valence-electron chi connectivity index (χ1n) is 14.3. The summed E-state index contributed by atoms with van der Waals surface area (Å²) in [7, 11) is 0. The Balaban J connectivity index is 1.79. The second-order valence-corrected chi connectivity index (χ2v) is 9.68. The number of benzene rings is 2. The van der Waals surface area contributed by atoms with Crippen molar-refractivity contribution in [1.82, 2.24) is 0 Å². The molecule has 1 amide bonds. The number of carbonyl (C=O) groups is 1. The molecule has 0 heterocycles. The van der Waals surface area contributed by atoms with E-state index in [4.69, 9.17) is 4.74 Å². The zero-order chi connectivity index (χ0) is 25.1. The Bertz CT molecular complexity index is 845. The van der Waals surface area contributed by atoms with Crippen LogP contribution in [0.25, 0.3) is 0 Å². The number of hydrogen-bond donors (Lipinski definition) is 1.